The van der Waals surface area contributed by atoms with Gasteiger partial charge < -0.3 is 5.32 Å². The third-order valence-electron chi connectivity index (χ3n) is 4.94. The summed E-state index contributed by atoms with van der Waals surface area (Å²) in [7, 11) is 0. The van der Waals surface area contributed by atoms with Crippen molar-refractivity contribution in [2.24, 2.45) is 0 Å². The lowest BCUT2D eigenvalue weighted by atomic mass is 10.0. The molecular formula is C22H25N7O. The molecule has 0 aromatic carbocycles. The second-order valence-corrected chi connectivity index (χ2v) is 7.79. The minimum absolute atomic E-state index is 0.153. The van der Waals surface area contributed by atoms with Crippen LogP contribution in [0.15, 0.2) is 49.1 Å². The van der Waals surface area contributed by atoms with Gasteiger partial charge in [-0.25, -0.2) is 19.3 Å². The topological polar surface area (TPSA) is 90.5 Å². The molecule has 4 aromatic heterocycles. The van der Waals surface area contributed by atoms with Crippen molar-refractivity contribution in [1.29, 1.82) is 0 Å². The van der Waals surface area contributed by atoms with E-state index >= 15 is 0 Å². The quantitative estimate of drug-likeness (QED) is 0.531. The molecule has 30 heavy (non-hydrogen) atoms. The molecule has 1 N–H and O–H groups in total. The molecule has 0 fully saturated rings. The second-order valence-electron chi connectivity index (χ2n) is 7.79. The highest BCUT2D eigenvalue weighted by Crippen LogP contribution is 2.24. The maximum absolute atomic E-state index is 13.2. The molecule has 0 aliphatic carbocycles. The highest BCUT2D eigenvalue weighted by atomic mass is 16.1. The van der Waals surface area contributed by atoms with Gasteiger partial charge in [0.05, 0.1) is 17.1 Å². The fourth-order valence-corrected chi connectivity index (χ4v) is 3.34. The van der Waals surface area contributed by atoms with Crippen LogP contribution in [0.25, 0.3) is 16.9 Å². The number of nitrogens with one attached hydrogen (secondary N) is 1. The predicted molar refractivity (Wildman–Crippen MR) is 115 cm³/mol. The Morgan fingerprint density at radius 1 is 1.13 bits per heavy atom. The molecule has 4 heterocycles. The van der Waals surface area contributed by atoms with Gasteiger partial charge in [-0.05, 0) is 38.0 Å². The van der Waals surface area contributed by atoms with Crippen LogP contribution in [0.5, 0.6) is 0 Å². The number of amides is 1. The fourth-order valence-electron chi connectivity index (χ4n) is 3.34. The normalized spacial score (nSPS) is 11.5. The highest BCUT2D eigenvalue weighted by Gasteiger charge is 2.19. The van der Waals surface area contributed by atoms with Crippen LogP contribution in [0.2, 0.25) is 0 Å². The first-order chi connectivity index (χ1) is 14.5. The minimum Gasteiger partial charge on any atom is -0.348 e. The summed E-state index contributed by atoms with van der Waals surface area (Å²) in [6.07, 6.45) is 6.96. The summed E-state index contributed by atoms with van der Waals surface area (Å²) in [4.78, 5) is 22.3. The van der Waals surface area contributed by atoms with Gasteiger partial charge in [-0.15, -0.1) is 0 Å². The number of fused-ring (bicyclic) bond motifs is 1. The SMILES string of the molecule is CC(C)c1cc(C(=O)NCc2cccnc2-n2cccn2)c2cnn(C(C)C)c2n1. The van der Waals surface area contributed by atoms with E-state index in [9.17, 15) is 4.79 Å². The number of pyridine rings is 2. The van der Waals surface area contributed by atoms with Gasteiger partial charge in [-0.3, -0.25) is 4.79 Å². The van der Waals surface area contributed by atoms with Crippen molar-refractivity contribution in [2.45, 2.75) is 46.2 Å². The number of nitrogens with zero attached hydrogens (tertiary/aromatic N) is 6. The Hall–Kier alpha value is -3.55. The number of aromatic nitrogens is 6. The van der Waals surface area contributed by atoms with E-state index in [2.05, 4.69) is 48.2 Å². The molecule has 4 aromatic rings. The highest BCUT2D eigenvalue weighted by molar-refractivity contribution is 6.05. The number of carbonyl (C=O) groups is 1. The summed E-state index contributed by atoms with van der Waals surface area (Å²) in [5, 5.41) is 12.5. The maximum atomic E-state index is 13.2. The van der Waals surface area contributed by atoms with Crippen LogP contribution >= 0.6 is 0 Å². The van der Waals surface area contributed by atoms with Gasteiger partial charge >= 0.3 is 0 Å². The van der Waals surface area contributed by atoms with Crippen molar-refractivity contribution in [3.05, 3.63) is 65.9 Å². The van der Waals surface area contributed by atoms with E-state index in [1.165, 1.54) is 0 Å². The van der Waals surface area contributed by atoms with Crippen molar-refractivity contribution >= 4 is 16.9 Å². The summed E-state index contributed by atoms with van der Waals surface area (Å²) >= 11 is 0. The molecule has 0 radical (unpaired) electrons. The summed E-state index contributed by atoms with van der Waals surface area (Å²) in [6.45, 7) is 8.57. The first-order valence-corrected chi connectivity index (χ1v) is 10.1. The first kappa shape index (κ1) is 19.8. The molecule has 0 saturated carbocycles. The lowest BCUT2D eigenvalue weighted by molar-refractivity contribution is 0.0952. The van der Waals surface area contributed by atoms with E-state index in [1.54, 1.807) is 23.3 Å². The Morgan fingerprint density at radius 2 is 1.97 bits per heavy atom. The van der Waals surface area contributed by atoms with E-state index in [0.29, 0.717) is 17.9 Å². The molecule has 0 bridgehead atoms. The molecule has 0 saturated heterocycles. The largest absolute Gasteiger partial charge is 0.348 e. The Morgan fingerprint density at radius 3 is 2.67 bits per heavy atom. The van der Waals surface area contributed by atoms with E-state index < -0.39 is 0 Å². The summed E-state index contributed by atoms with van der Waals surface area (Å²) in [5.74, 6) is 0.724. The fraction of sp³-hybridized carbons (Fsp3) is 0.318. The minimum atomic E-state index is -0.164. The van der Waals surface area contributed by atoms with Crippen LogP contribution in [0.1, 0.15) is 61.3 Å². The predicted octanol–water partition coefficient (Wildman–Crippen LogP) is 3.65. The van der Waals surface area contributed by atoms with Gasteiger partial charge in [0.2, 0.25) is 0 Å². The number of carbonyl (C=O) groups excluding carboxylic acids is 1. The second kappa shape index (κ2) is 8.06. The zero-order valence-electron chi connectivity index (χ0n) is 17.6. The third-order valence-corrected chi connectivity index (χ3v) is 4.94. The summed E-state index contributed by atoms with van der Waals surface area (Å²) in [6, 6.07) is 7.64. The average Bonchev–Trinajstić information content (AvgIpc) is 3.41. The van der Waals surface area contributed by atoms with Crippen LogP contribution in [0.4, 0.5) is 0 Å². The van der Waals surface area contributed by atoms with Crippen molar-refractivity contribution in [3.8, 4) is 5.82 Å². The molecule has 154 valence electrons. The first-order valence-electron chi connectivity index (χ1n) is 10.1. The van der Waals surface area contributed by atoms with Crippen molar-refractivity contribution < 1.29 is 4.79 Å². The van der Waals surface area contributed by atoms with E-state index in [-0.39, 0.29) is 17.9 Å². The molecule has 0 atom stereocenters. The molecule has 0 spiro atoms. The van der Waals surface area contributed by atoms with Crippen LogP contribution < -0.4 is 5.32 Å². The number of hydrogen-bond acceptors (Lipinski definition) is 5. The van der Waals surface area contributed by atoms with Crippen molar-refractivity contribution in [2.75, 3.05) is 0 Å². The zero-order chi connectivity index (χ0) is 21.3. The molecule has 0 unspecified atom stereocenters. The van der Waals surface area contributed by atoms with Gasteiger partial charge in [-0.2, -0.15) is 10.2 Å². The van der Waals surface area contributed by atoms with Gasteiger partial charge in [0, 0.05) is 42.4 Å². The molecule has 8 nitrogen and oxygen atoms in total. The van der Waals surface area contributed by atoms with E-state index in [0.717, 1.165) is 22.3 Å². The smallest absolute Gasteiger partial charge is 0.252 e. The molecule has 4 rings (SSSR count). The molecule has 1 amide bonds. The van der Waals surface area contributed by atoms with Crippen LogP contribution in [-0.2, 0) is 6.54 Å². The molecule has 0 aliphatic rings. The summed E-state index contributed by atoms with van der Waals surface area (Å²) in [5.41, 5.74) is 3.07. The Balaban J connectivity index is 1.66. The van der Waals surface area contributed by atoms with Crippen LogP contribution in [0.3, 0.4) is 0 Å². The van der Waals surface area contributed by atoms with Gasteiger partial charge in [-0.1, -0.05) is 19.9 Å². The average molecular weight is 403 g/mol. The number of rotatable bonds is 6. The van der Waals surface area contributed by atoms with Gasteiger partial charge in [0.1, 0.15) is 0 Å². The van der Waals surface area contributed by atoms with Crippen molar-refractivity contribution in [3.63, 3.8) is 0 Å². The summed E-state index contributed by atoms with van der Waals surface area (Å²) < 4.78 is 3.55. The Kier molecular flexibility index (Phi) is 5.31. The number of hydrogen-bond donors (Lipinski definition) is 1. The molecular weight excluding hydrogens is 378 g/mol. The third kappa shape index (κ3) is 3.68. The lowest BCUT2D eigenvalue weighted by Crippen LogP contribution is -2.24. The Bertz CT molecular complexity index is 1180. The van der Waals surface area contributed by atoms with E-state index in [1.807, 2.05) is 35.1 Å². The monoisotopic (exact) mass is 403 g/mol. The standard InChI is InChI=1S/C22H25N7O/c1-14(2)19-11-17(18-13-26-29(15(3)4)21(18)27-19)22(30)24-12-16-7-5-8-23-20(16)28-10-6-9-25-28/h5-11,13-15H,12H2,1-4H3,(H,24,30). The maximum Gasteiger partial charge on any atom is 0.252 e. The molecule has 0 aliphatic heterocycles. The van der Waals surface area contributed by atoms with Crippen molar-refractivity contribution in [1.82, 2.24) is 34.8 Å². The Labute approximate surface area is 175 Å². The lowest BCUT2D eigenvalue weighted by Gasteiger charge is -2.13. The van der Waals surface area contributed by atoms with Gasteiger partial charge in [0.25, 0.3) is 5.91 Å². The van der Waals surface area contributed by atoms with Crippen LogP contribution in [0, 0.1) is 0 Å². The zero-order valence-corrected chi connectivity index (χ0v) is 17.6. The van der Waals surface area contributed by atoms with Crippen LogP contribution in [-0.4, -0.2) is 35.4 Å². The van der Waals surface area contributed by atoms with E-state index in [4.69, 9.17) is 4.98 Å². The van der Waals surface area contributed by atoms with Gasteiger partial charge in [0.15, 0.2) is 11.5 Å². The molecule has 8 heteroatoms.